The summed E-state index contributed by atoms with van der Waals surface area (Å²) in [5.74, 6) is 0. The number of halogens is 1. The Bertz CT molecular complexity index is 1200. The van der Waals surface area contributed by atoms with Gasteiger partial charge in [0.2, 0.25) is 0 Å². The van der Waals surface area contributed by atoms with Gasteiger partial charge < -0.3 is 23.7 Å². The zero-order valence-electron chi connectivity index (χ0n) is 22.4. The van der Waals surface area contributed by atoms with Crippen molar-refractivity contribution in [2.75, 3.05) is 11.0 Å². The van der Waals surface area contributed by atoms with E-state index in [9.17, 15) is 0 Å². The summed E-state index contributed by atoms with van der Waals surface area (Å²) in [4.78, 5) is 0. The van der Waals surface area contributed by atoms with Crippen molar-refractivity contribution in [3.05, 3.63) is 144 Å². The molecular weight excluding hydrogens is 615 g/mol. The van der Waals surface area contributed by atoms with Crippen molar-refractivity contribution >= 4 is 22.6 Å². The van der Waals surface area contributed by atoms with E-state index >= 15 is 0 Å². The SMILES string of the molecule is IC[C@@H](OCc1ccccc1)[C@@H](OCc1ccccc1)[C@@H]1OC(c2ccccc2)OC[C@H]1OCc1ccccc1. The first-order valence-electron chi connectivity index (χ1n) is 13.6. The fraction of sp³-hybridized carbons (Fsp3) is 0.294. The van der Waals surface area contributed by atoms with E-state index in [0.29, 0.717) is 26.4 Å². The van der Waals surface area contributed by atoms with E-state index in [1.54, 1.807) is 0 Å². The van der Waals surface area contributed by atoms with Crippen LogP contribution in [0.15, 0.2) is 121 Å². The predicted octanol–water partition coefficient (Wildman–Crippen LogP) is 7.29. The summed E-state index contributed by atoms with van der Waals surface area (Å²) >= 11 is 2.38. The molecule has 40 heavy (non-hydrogen) atoms. The van der Waals surface area contributed by atoms with Crippen LogP contribution in [-0.4, -0.2) is 35.5 Å². The fourth-order valence-electron chi connectivity index (χ4n) is 4.73. The van der Waals surface area contributed by atoms with Crippen LogP contribution in [0, 0.1) is 0 Å². The molecule has 0 amide bonds. The van der Waals surface area contributed by atoms with Gasteiger partial charge in [-0.15, -0.1) is 0 Å². The number of hydrogen-bond acceptors (Lipinski definition) is 5. The molecule has 1 aliphatic heterocycles. The van der Waals surface area contributed by atoms with Crippen molar-refractivity contribution in [2.24, 2.45) is 0 Å². The minimum Gasteiger partial charge on any atom is -0.370 e. The lowest BCUT2D eigenvalue weighted by Crippen LogP contribution is -2.54. The quantitative estimate of drug-likeness (QED) is 0.112. The van der Waals surface area contributed by atoms with Crippen molar-refractivity contribution in [1.29, 1.82) is 0 Å². The molecule has 1 aliphatic rings. The van der Waals surface area contributed by atoms with Gasteiger partial charge in [0.05, 0.1) is 32.5 Å². The lowest BCUT2D eigenvalue weighted by Gasteiger charge is -2.42. The Kier molecular flexibility index (Phi) is 11.1. The molecule has 0 aromatic heterocycles. The van der Waals surface area contributed by atoms with Crippen molar-refractivity contribution < 1.29 is 23.7 Å². The van der Waals surface area contributed by atoms with Crippen LogP contribution < -0.4 is 0 Å². The van der Waals surface area contributed by atoms with Crippen LogP contribution in [0.4, 0.5) is 0 Å². The molecule has 5 rings (SSSR count). The third kappa shape index (κ3) is 8.22. The van der Waals surface area contributed by atoms with Gasteiger partial charge >= 0.3 is 0 Å². The Hall–Kier alpha value is -2.59. The highest BCUT2D eigenvalue weighted by atomic mass is 127. The largest absolute Gasteiger partial charge is 0.370 e. The monoisotopic (exact) mass is 650 g/mol. The lowest BCUT2D eigenvalue weighted by atomic mass is 10.0. The highest BCUT2D eigenvalue weighted by molar-refractivity contribution is 14.1. The Morgan fingerprint density at radius 3 is 1.70 bits per heavy atom. The Balaban J connectivity index is 1.40. The molecule has 0 aliphatic carbocycles. The Morgan fingerprint density at radius 2 is 1.15 bits per heavy atom. The minimum atomic E-state index is -0.519. The molecule has 5 atom stereocenters. The number of ether oxygens (including phenoxy) is 5. The zero-order valence-corrected chi connectivity index (χ0v) is 24.5. The van der Waals surface area contributed by atoms with Gasteiger partial charge in [0.1, 0.15) is 18.3 Å². The molecule has 1 unspecified atom stereocenters. The van der Waals surface area contributed by atoms with Gasteiger partial charge in [0, 0.05) is 9.99 Å². The summed E-state index contributed by atoms with van der Waals surface area (Å²) in [6, 6.07) is 40.6. The van der Waals surface area contributed by atoms with Gasteiger partial charge in [-0.25, -0.2) is 0 Å². The molecule has 5 nitrogen and oxygen atoms in total. The fourth-order valence-corrected chi connectivity index (χ4v) is 5.48. The standard InChI is InChI=1S/C34H35IO5/c35-21-30(36-22-26-13-5-1-6-14-26)32(38-24-28-17-9-3-10-18-28)33-31(37-23-27-15-7-2-8-16-27)25-39-34(40-33)29-19-11-4-12-20-29/h1-20,30-34H,21-25H2/t30-,31-,32-,33-,34?/m1/s1. The molecule has 4 aromatic carbocycles. The third-order valence-electron chi connectivity index (χ3n) is 6.87. The molecule has 6 heteroatoms. The number of hydrogen-bond donors (Lipinski definition) is 0. The zero-order chi connectivity index (χ0) is 27.4. The summed E-state index contributed by atoms with van der Waals surface area (Å²) < 4.78 is 33.3. The average Bonchev–Trinajstić information content (AvgIpc) is 3.03. The lowest BCUT2D eigenvalue weighted by molar-refractivity contribution is -0.299. The van der Waals surface area contributed by atoms with Gasteiger partial charge in [-0.1, -0.05) is 144 Å². The summed E-state index contributed by atoms with van der Waals surface area (Å²) in [5.41, 5.74) is 4.27. The van der Waals surface area contributed by atoms with Crippen molar-refractivity contribution in [3.8, 4) is 0 Å². The molecule has 0 N–H and O–H groups in total. The minimum absolute atomic E-state index is 0.230. The second-order valence-corrected chi connectivity index (χ2v) is 10.6. The van der Waals surface area contributed by atoms with Gasteiger partial charge in [0.15, 0.2) is 6.29 Å². The van der Waals surface area contributed by atoms with Gasteiger partial charge in [-0.05, 0) is 16.7 Å². The molecule has 0 radical (unpaired) electrons. The molecule has 4 aromatic rings. The first kappa shape index (κ1) is 28.9. The van der Waals surface area contributed by atoms with Crippen molar-refractivity contribution in [3.63, 3.8) is 0 Å². The Labute approximate surface area is 250 Å². The maximum atomic E-state index is 6.70. The van der Waals surface area contributed by atoms with Crippen LogP contribution in [0.2, 0.25) is 0 Å². The van der Waals surface area contributed by atoms with E-state index in [2.05, 4.69) is 59.0 Å². The van der Waals surface area contributed by atoms with Crippen LogP contribution in [0.1, 0.15) is 28.5 Å². The second kappa shape index (κ2) is 15.4. The molecule has 208 valence electrons. The van der Waals surface area contributed by atoms with Crippen molar-refractivity contribution in [1.82, 2.24) is 0 Å². The first-order valence-corrected chi connectivity index (χ1v) is 15.2. The van der Waals surface area contributed by atoms with E-state index in [1.807, 2.05) is 84.9 Å². The smallest absolute Gasteiger partial charge is 0.184 e. The number of rotatable bonds is 13. The van der Waals surface area contributed by atoms with E-state index in [1.165, 1.54) is 0 Å². The molecule has 0 bridgehead atoms. The summed E-state index contributed by atoms with van der Waals surface area (Å²) in [5, 5.41) is 0. The molecule has 1 heterocycles. The molecule has 1 fully saturated rings. The summed E-state index contributed by atoms with van der Waals surface area (Å²) in [6.07, 6.45) is -1.90. The van der Waals surface area contributed by atoms with Gasteiger partial charge in [-0.2, -0.15) is 0 Å². The highest BCUT2D eigenvalue weighted by Gasteiger charge is 2.43. The van der Waals surface area contributed by atoms with Gasteiger partial charge in [0.25, 0.3) is 0 Å². The topological polar surface area (TPSA) is 46.2 Å². The van der Waals surface area contributed by atoms with E-state index in [4.69, 9.17) is 23.7 Å². The predicted molar refractivity (Wildman–Crippen MR) is 164 cm³/mol. The van der Waals surface area contributed by atoms with Crippen LogP contribution in [-0.2, 0) is 43.5 Å². The third-order valence-corrected chi connectivity index (χ3v) is 7.74. The van der Waals surface area contributed by atoms with Crippen LogP contribution >= 0.6 is 22.6 Å². The van der Waals surface area contributed by atoms with Crippen LogP contribution in [0.25, 0.3) is 0 Å². The van der Waals surface area contributed by atoms with E-state index in [-0.39, 0.29) is 12.2 Å². The number of alkyl halides is 1. The summed E-state index contributed by atoms with van der Waals surface area (Å²) in [6.45, 7) is 1.76. The molecule has 0 saturated carbocycles. The maximum Gasteiger partial charge on any atom is 0.184 e. The first-order chi connectivity index (χ1) is 19.8. The van der Waals surface area contributed by atoms with Crippen LogP contribution in [0.5, 0.6) is 0 Å². The van der Waals surface area contributed by atoms with Crippen molar-refractivity contribution in [2.45, 2.75) is 50.5 Å². The van der Waals surface area contributed by atoms with Gasteiger partial charge in [-0.3, -0.25) is 0 Å². The number of benzene rings is 4. The molecular formula is C34H35IO5. The van der Waals surface area contributed by atoms with Crippen LogP contribution in [0.3, 0.4) is 0 Å². The Morgan fingerprint density at radius 1 is 0.650 bits per heavy atom. The normalized spacial score (nSPS) is 20.6. The maximum absolute atomic E-state index is 6.70. The second-order valence-electron chi connectivity index (χ2n) is 9.76. The van der Waals surface area contributed by atoms with E-state index in [0.717, 1.165) is 26.7 Å². The molecule has 1 saturated heterocycles. The molecule has 0 spiro atoms. The summed E-state index contributed by atoms with van der Waals surface area (Å²) in [7, 11) is 0. The average molecular weight is 651 g/mol. The highest BCUT2D eigenvalue weighted by Crippen LogP contribution is 2.33. The van der Waals surface area contributed by atoms with E-state index < -0.39 is 18.5 Å².